The lowest BCUT2D eigenvalue weighted by atomic mass is 9.89. The summed E-state index contributed by atoms with van der Waals surface area (Å²) >= 11 is 1.81. The molecular weight excluding hydrogens is 483 g/mol. The minimum absolute atomic E-state index is 0. The lowest BCUT2D eigenvalue weighted by Crippen LogP contribution is -2.40. The fourth-order valence-corrected chi connectivity index (χ4v) is 4.27. The Morgan fingerprint density at radius 1 is 1.25 bits per heavy atom. The van der Waals surface area contributed by atoms with E-state index in [1.807, 2.05) is 17.7 Å². The Kier molecular flexibility index (Phi) is 10.8. The molecule has 6 nitrogen and oxygen atoms in total. The minimum atomic E-state index is 0. The van der Waals surface area contributed by atoms with Crippen LogP contribution in [0.4, 0.5) is 0 Å². The molecule has 2 heterocycles. The highest BCUT2D eigenvalue weighted by Gasteiger charge is 2.13. The van der Waals surface area contributed by atoms with Gasteiger partial charge in [0.1, 0.15) is 12.2 Å². The van der Waals surface area contributed by atoms with Gasteiger partial charge in [-0.1, -0.05) is 32.3 Å². The van der Waals surface area contributed by atoms with E-state index in [9.17, 15) is 0 Å². The van der Waals surface area contributed by atoms with Gasteiger partial charge in [-0.25, -0.2) is 0 Å². The average molecular weight is 516 g/mol. The fourth-order valence-electron chi connectivity index (χ4n) is 3.56. The van der Waals surface area contributed by atoms with Crippen molar-refractivity contribution in [1.82, 2.24) is 25.4 Å². The summed E-state index contributed by atoms with van der Waals surface area (Å²) in [6, 6.07) is 4.30. The summed E-state index contributed by atoms with van der Waals surface area (Å²) < 4.78 is 2.11. The Hall–Kier alpha value is -1.16. The number of aromatic nitrogens is 3. The molecule has 2 aromatic heterocycles. The van der Waals surface area contributed by atoms with Crippen molar-refractivity contribution in [2.24, 2.45) is 10.9 Å². The number of thiophene rings is 1. The van der Waals surface area contributed by atoms with Crippen LogP contribution in [-0.4, -0.2) is 40.4 Å². The number of nitrogens with zero attached hydrogens (tertiary/aromatic N) is 4. The molecular formula is C20H33IN6S. The van der Waals surface area contributed by atoms with Crippen LogP contribution in [0.1, 0.15) is 49.7 Å². The Labute approximate surface area is 189 Å². The van der Waals surface area contributed by atoms with Gasteiger partial charge < -0.3 is 15.2 Å². The number of aliphatic imine (C=N–C) groups is 1. The zero-order valence-electron chi connectivity index (χ0n) is 16.8. The van der Waals surface area contributed by atoms with Crippen molar-refractivity contribution in [3.8, 4) is 0 Å². The van der Waals surface area contributed by atoms with Crippen molar-refractivity contribution < 1.29 is 0 Å². The van der Waals surface area contributed by atoms with E-state index in [0.29, 0.717) is 0 Å². The van der Waals surface area contributed by atoms with Crippen molar-refractivity contribution >= 4 is 41.3 Å². The number of guanidine groups is 1. The van der Waals surface area contributed by atoms with Crippen LogP contribution in [0.5, 0.6) is 0 Å². The highest BCUT2D eigenvalue weighted by Crippen LogP contribution is 2.23. The van der Waals surface area contributed by atoms with Crippen LogP contribution in [0, 0.1) is 5.92 Å². The molecule has 0 radical (unpaired) electrons. The number of rotatable bonds is 9. The van der Waals surface area contributed by atoms with Crippen molar-refractivity contribution in [3.63, 3.8) is 0 Å². The fraction of sp³-hybridized carbons (Fsp3) is 0.650. The van der Waals surface area contributed by atoms with Crippen molar-refractivity contribution in [2.45, 2.75) is 58.4 Å². The molecule has 156 valence electrons. The van der Waals surface area contributed by atoms with Gasteiger partial charge in [0.2, 0.25) is 0 Å². The number of hydrogen-bond donors (Lipinski definition) is 2. The molecule has 1 aliphatic rings. The summed E-state index contributed by atoms with van der Waals surface area (Å²) in [6.45, 7) is 5.62. The standard InChI is InChI=1S/C20H32N6S.HI/c1-2-19-25-24-16-26(19)13-12-22-20(21-11-10-18-9-6-14-27-18)23-15-17-7-4-3-5-8-17;/h6,9,14,16-17H,2-5,7-8,10-13,15H2,1H3,(H2,21,22,23);1H. The van der Waals surface area contributed by atoms with E-state index in [1.54, 1.807) is 0 Å². The highest BCUT2D eigenvalue weighted by molar-refractivity contribution is 14.0. The van der Waals surface area contributed by atoms with Gasteiger partial charge in [-0.15, -0.1) is 45.5 Å². The topological polar surface area (TPSA) is 67.1 Å². The summed E-state index contributed by atoms with van der Waals surface area (Å²) in [5.74, 6) is 2.71. The largest absolute Gasteiger partial charge is 0.356 e. The van der Waals surface area contributed by atoms with Crippen LogP contribution >= 0.6 is 35.3 Å². The zero-order valence-corrected chi connectivity index (χ0v) is 19.9. The van der Waals surface area contributed by atoms with E-state index in [1.165, 1.54) is 37.0 Å². The van der Waals surface area contributed by atoms with Gasteiger partial charge in [0.25, 0.3) is 0 Å². The molecule has 2 N–H and O–H groups in total. The highest BCUT2D eigenvalue weighted by atomic mass is 127. The van der Waals surface area contributed by atoms with E-state index in [4.69, 9.17) is 4.99 Å². The molecule has 0 saturated heterocycles. The van der Waals surface area contributed by atoms with E-state index >= 15 is 0 Å². The second-order valence-corrected chi connectivity index (χ2v) is 8.20. The second kappa shape index (κ2) is 13.1. The van der Waals surface area contributed by atoms with Crippen LogP contribution in [0.15, 0.2) is 28.8 Å². The number of nitrogens with one attached hydrogen (secondary N) is 2. The SMILES string of the molecule is CCc1nncn1CCNC(=NCC1CCCCC1)NCCc1cccs1.I. The first-order chi connectivity index (χ1) is 13.3. The maximum absolute atomic E-state index is 4.88. The first-order valence-electron chi connectivity index (χ1n) is 10.3. The molecule has 0 spiro atoms. The zero-order chi connectivity index (χ0) is 18.7. The first-order valence-corrected chi connectivity index (χ1v) is 11.1. The lowest BCUT2D eigenvalue weighted by molar-refractivity contribution is 0.366. The third kappa shape index (κ3) is 7.69. The van der Waals surface area contributed by atoms with E-state index in [0.717, 1.165) is 56.7 Å². The maximum atomic E-state index is 4.88. The molecule has 0 amide bonds. The molecule has 0 aliphatic heterocycles. The molecule has 28 heavy (non-hydrogen) atoms. The van der Waals surface area contributed by atoms with Crippen LogP contribution in [0.3, 0.4) is 0 Å². The van der Waals surface area contributed by atoms with Gasteiger partial charge in [-0.05, 0) is 36.6 Å². The van der Waals surface area contributed by atoms with Crippen LogP contribution in [0.25, 0.3) is 0 Å². The van der Waals surface area contributed by atoms with Crippen molar-refractivity contribution in [1.29, 1.82) is 0 Å². The number of halogens is 1. The predicted octanol–water partition coefficient (Wildman–Crippen LogP) is 3.88. The molecule has 0 bridgehead atoms. The van der Waals surface area contributed by atoms with Crippen LogP contribution in [-0.2, 0) is 19.4 Å². The normalized spacial score (nSPS) is 15.2. The molecule has 2 aromatic rings. The third-order valence-corrected chi connectivity index (χ3v) is 6.07. The Bertz CT molecular complexity index is 679. The predicted molar refractivity (Wildman–Crippen MR) is 128 cm³/mol. The number of aryl methyl sites for hydroxylation is 1. The van der Waals surface area contributed by atoms with Gasteiger partial charge in [0.05, 0.1) is 0 Å². The minimum Gasteiger partial charge on any atom is -0.356 e. The summed E-state index contributed by atoms with van der Waals surface area (Å²) in [4.78, 5) is 6.29. The van der Waals surface area contributed by atoms with Crippen molar-refractivity contribution in [3.05, 3.63) is 34.5 Å². The second-order valence-electron chi connectivity index (χ2n) is 7.17. The Morgan fingerprint density at radius 3 is 2.82 bits per heavy atom. The van der Waals surface area contributed by atoms with Gasteiger partial charge in [0.15, 0.2) is 5.96 Å². The van der Waals surface area contributed by atoms with E-state index < -0.39 is 0 Å². The van der Waals surface area contributed by atoms with E-state index in [2.05, 4.69) is 49.8 Å². The summed E-state index contributed by atoms with van der Waals surface area (Å²) in [6.07, 6.45) is 10.5. The van der Waals surface area contributed by atoms with Gasteiger partial charge in [-0.2, -0.15) is 0 Å². The molecule has 0 aromatic carbocycles. The first kappa shape index (κ1) is 23.1. The Morgan fingerprint density at radius 2 is 2.07 bits per heavy atom. The van der Waals surface area contributed by atoms with Gasteiger partial charge in [-0.3, -0.25) is 4.99 Å². The maximum Gasteiger partial charge on any atom is 0.191 e. The third-order valence-electron chi connectivity index (χ3n) is 5.13. The Balaban J connectivity index is 0.00000280. The van der Waals surface area contributed by atoms with E-state index in [-0.39, 0.29) is 24.0 Å². The molecule has 1 saturated carbocycles. The molecule has 0 unspecified atom stereocenters. The quantitative estimate of drug-likeness (QED) is 0.302. The van der Waals surface area contributed by atoms with Crippen LogP contribution in [0.2, 0.25) is 0 Å². The molecule has 8 heteroatoms. The summed E-state index contributed by atoms with van der Waals surface area (Å²) in [7, 11) is 0. The summed E-state index contributed by atoms with van der Waals surface area (Å²) in [5.41, 5.74) is 0. The molecule has 1 fully saturated rings. The van der Waals surface area contributed by atoms with Crippen molar-refractivity contribution in [2.75, 3.05) is 19.6 Å². The average Bonchev–Trinajstić information content (AvgIpc) is 3.38. The summed E-state index contributed by atoms with van der Waals surface area (Å²) in [5, 5.41) is 17.3. The van der Waals surface area contributed by atoms with Crippen LogP contribution < -0.4 is 10.6 Å². The molecule has 0 atom stereocenters. The smallest absolute Gasteiger partial charge is 0.191 e. The van der Waals surface area contributed by atoms with Gasteiger partial charge >= 0.3 is 0 Å². The van der Waals surface area contributed by atoms with Gasteiger partial charge in [0, 0.05) is 37.5 Å². The lowest BCUT2D eigenvalue weighted by Gasteiger charge is -2.20. The number of hydrogen-bond acceptors (Lipinski definition) is 4. The monoisotopic (exact) mass is 516 g/mol. The molecule has 1 aliphatic carbocycles. The molecule has 3 rings (SSSR count).